The van der Waals surface area contributed by atoms with Crippen molar-refractivity contribution in [2.45, 2.75) is 25.5 Å². The number of hydrogen-bond acceptors (Lipinski definition) is 5. The molecule has 2 aromatic carbocycles. The maximum absolute atomic E-state index is 13.1. The number of rotatable bonds is 8. The van der Waals surface area contributed by atoms with Crippen molar-refractivity contribution in [3.63, 3.8) is 0 Å². The van der Waals surface area contributed by atoms with Gasteiger partial charge >= 0.3 is 0 Å². The molecular weight excluding hydrogens is 421 g/mol. The van der Waals surface area contributed by atoms with Gasteiger partial charge in [-0.3, -0.25) is 9.10 Å². The minimum atomic E-state index is -3.70. The first-order chi connectivity index (χ1) is 14.7. The number of ether oxygens (including phenoxy) is 1. The van der Waals surface area contributed by atoms with Crippen LogP contribution in [0.5, 0.6) is 5.75 Å². The number of nitrogens with one attached hydrogen (secondary N) is 1. The molecule has 9 heteroatoms. The summed E-state index contributed by atoms with van der Waals surface area (Å²) >= 11 is 0. The van der Waals surface area contributed by atoms with E-state index in [1.54, 1.807) is 0 Å². The summed E-state index contributed by atoms with van der Waals surface area (Å²) in [5.41, 5.74) is 1.10. The SMILES string of the molecule is CN1CCC(Oc2ccc(CNC(=O)CN(c3ccc(F)cc3)S(C)(=O)=O)cc2)CC1. The Morgan fingerprint density at radius 1 is 1.13 bits per heavy atom. The van der Waals surface area contributed by atoms with E-state index in [2.05, 4.69) is 17.3 Å². The summed E-state index contributed by atoms with van der Waals surface area (Å²) < 4.78 is 44.3. The van der Waals surface area contributed by atoms with E-state index in [1.165, 1.54) is 12.1 Å². The molecule has 0 bridgehead atoms. The molecule has 1 aliphatic rings. The van der Waals surface area contributed by atoms with Gasteiger partial charge < -0.3 is 15.0 Å². The van der Waals surface area contributed by atoms with E-state index in [0.717, 1.165) is 59.9 Å². The lowest BCUT2D eigenvalue weighted by atomic mass is 10.1. The fourth-order valence-corrected chi connectivity index (χ4v) is 4.23. The fraction of sp³-hybridized carbons (Fsp3) is 0.409. The molecule has 168 valence electrons. The molecule has 1 amide bonds. The van der Waals surface area contributed by atoms with Gasteiger partial charge in [0.2, 0.25) is 15.9 Å². The largest absolute Gasteiger partial charge is 0.490 e. The van der Waals surface area contributed by atoms with E-state index in [1.807, 2.05) is 24.3 Å². The molecular formula is C22H28FN3O4S. The molecule has 1 fully saturated rings. The lowest BCUT2D eigenvalue weighted by Crippen LogP contribution is -2.40. The van der Waals surface area contributed by atoms with Gasteiger partial charge in [0.25, 0.3) is 0 Å². The molecule has 7 nitrogen and oxygen atoms in total. The van der Waals surface area contributed by atoms with E-state index in [4.69, 9.17) is 4.74 Å². The van der Waals surface area contributed by atoms with Crippen molar-refractivity contribution in [3.05, 3.63) is 59.9 Å². The number of benzene rings is 2. The molecule has 0 saturated carbocycles. The highest BCUT2D eigenvalue weighted by Gasteiger charge is 2.21. The predicted molar refractivity (Wildman–Crippen MR) is 118 cm³/mol. The van der Waals surface area contributed by atoms with Crippen molar-refractivity contribution in [2.24, 2.45) is 0 Å². The monoisotopic (exact) mass is 449 g/mol. The summed E-state index contributed by atoms with van der Waals surface area (Å²) in [5, 5.41) is 2.72. The number of halogens is 1. The molecule has 1 N–H and O–H groups in total. The zero-order valence-corrected chi connectivity index (χ0v) is 18.6. The fourth-order valence-electron chi connectivity index (χ4n) is 3.38. The van der Waals surface area contributed by atoms with Crippen LogP contribution in [0, 0.1) is 5.82 Å². The number of hydrogen-bond donors (Lipinski definition) is 1. The number of amides is 1. The van der Waals surface area contributed by atoms with Crippen molar-refractivity contribution in [2.75, 3.05) is 37.2 Å². The Hall–Kier alpha value is -2.65. The molecule has 31 heavy (non-hydrogen) atoms. The van der Waals surface area contributed by atoms with Crippen LogP contribution in [0.3, 0.4) is 0 Å². The first-order valence-electron chi connectivity index (χ1n) is 10.1. The summed E-state index contributed by atoms with van der Waals surface area (Å²) in [4.78, 5) is 14.6. The third-order valence-electron chi connectivity index (χ3n) is 5.18. The molecule has 0 spiro atoms. The highest BCUT2D eigenvalue weighted by molar-refractivity contribution is 7.92. The summed E-state index contributed by atoms with van der Waals surface area (Å²) in [5.74, 6) is -0.143. The van der Waals surface area contributed by atoms with Crippen LogP contribution in [-0.2, 0) is 21.4 Å². The van der Waals surface area contributed by atoms with Crippen molar-refractivity contribution in [1.29, 1.82) is 0 Å². The van der Waals surface area contributed by atoms with E-state index in [9.17, 15) is 17.6 Å². The van der Waals surface area contributed by atoms with Crippen LogP contribution in [0.2, 0.25) is 0 Å². The molecule has 0 aromatic heterocycles. The Bertz CT molecular complexity index is 973. The Morgan fingerprint density at radius 3 is 2.32 bits per heavy atom. The molecule has 0 unspecified atom stereocenters. The maximum atomic E-state index is 13.1. The Kier molecular flexibility index (Phi) is 7.50. The number of carbonyl (C=O) groups excluding carboxylic acids is 1. The van der Waals surface area contributed by atoms with Gasteiger partial charge in [0.15, 0.2) is 0 Å². The van der Waals surface area contributed by atoms with Crippen LogP contribution < -0.4 is 14.4 Å². The summed E-state index contributed by atoms with van der Waals surface area (Å²) in [7, 11) is -1.60. The van der Waals surface area contributed by atoms with Crippen LogP contribution in [0.1, 0.15) is 18.4 Å². The highest BCUT2D eigenvalue weighted by atomic mass is 32.2. The smallest absolute Gasteiger partial charge is 0.241 e. The predicted octanol–water partition coefficient (Wildman–Crippen LogP) is 2.38. The second-order valence-corrected chi connectivity index (χ2v) is 9.69. The van der Waals surface area contributed by atoms with Gasteiger partial charge in [-0.05, 0) is 61.9 Å². The van der Waals surface area contributed by atoms with E-state index in [-0.39, 0.29) is 24.9 Å². The zero-order valence-electron chi connectivity index (χ0n) is 17.8. The first-order valence-corrected chi connectivity index (χ1v) is 12.0. The summed E-state index contributed by atoms with van der Waals surface area (Å²) in [6.45, 7) is 1.92. The lowest BCUT2D eigenvalue weighted by Gasteiger charge is -2.29. The molecule has 0 atom stereocenters. The Balaban J connectivity index is 1.52. The normalized spacial score (nSPS) is 15.5. The second kappa shape index (κ2) is 10.1. The number of carbonyl (C=O) groups is 1. The van der Waals surface area contributed by atoms with Gasteiger partial charge in [0.1, 0.15) is 24.2 Å². The van der Waals surface area contributed by atoms with Crippen molar-refractivity contribution in [1.82, 2.24) is 10.2 Å². The third-order valence-corrected chi connectivity index (χ3v) is 6.32. The van der Waals surface area contributed by atoms with Crippen LogP contribution >= 0.6 is 0 Å². The molecule has 0 aliphatic carbocycles. The van der Waals surface area contributed by atoms with Gasteiger partial charge in [0.05, 0.1) is 11.9 Å². The highest BCUT2D eigenvalue weighted by Crippen LogP contribution is 2.20. The Labute approximate surface area is 182 Å². The van der Waals surface area contributed by atoms with E-state index < -0.39 is 21.7 Å². The quantitative estimate of drug-likeness (QED) is 0.670. The molecule has 0 radical (unpaired) electrons. The summed E-state index contributed by atoms with van der Waals surface area (Å²) in [6, 6.07) is 12.5. The zero-order chi connectivity index (χ0) is 22.4. The lowest BCUT2D eigenvalue weighted by molar-refractivity contribution is -0.119. The van der Waals surface area contributed by atoms with Crippen molar-refractivity contribution < 1.29 is 22.3 Å². The van der Waals surface area contributed by atoms with Crippen LogP contribution in [0.4, 0.5) is 10.1 Å². The van der Waals surface area contributed by atoms with E-state index >= 15 is 0 Å². The average molecular weight is 450 g/mol. The number of sulfonamides is 1. The molecule has 2 aromatic rings. The summed E-state index contributed by atoms with van der Waals surface area (Å²) in [6.07, 6.45) is 3.22. The van der Waals surface area contributed by atoms with Crippen LogP contribution in [0.25, 0.3) is 0 Å². The molecule has 1 saturated heterocycles. The maximum Gasteiger partial charge on any atom is 0.241 e. The minimum absolute atomic E-state index is 0.218. The van der Waals surface area contributed by atoms with Gasteiger partial charge in [-0.25, -0.2) is 12.8 Å². The topological polar surface area (TPSA) is 79.0 Å². The Morgan fingerprint density at radius 2 is 1.74 bits per heavy atom. The second-order valence-electron chi connectivity index (χ2n) is 7.79. The molecule has 1 aliphatic heterocycles. The number of anilines is 1. The van der Waals surface area contributed by atoms with E-state index in [0.29, 0.717) is 0 Å². The number of piperidine rings is 1. The van der Waals surface area contributed by atoms with Gasteiger partial charge in [-0.15, -0.1) is 0 Å². The van der Waals surface area contributed by atoms with Crippen LogP contribution in [-0.4, -0.2) is 58.3 Å². The minimum Gasteiger partial charge on any atom is -0.490 e. The van der Waals surface area contributed by atoms with Crippen LogP contribution in [0.15, 0.2) is 48.5 Å². The number of likely N-dealkylation sites (tertiary alicyclic amines) is 1. The van der Waals surface area contributed by atoms with Crippen molar-refractivity contribution >= 4 is 21.6 Å². The molecule has 1 heterocycles. The van der Waals surface area contributed by atoms with Gasteiger partial charge in [-0.1, -0.05) is 12.1 Å². The number of nitrogens with zero attached hydrogens (tertiary/aromatic N) is 2. The molecule has 3 rings (SSSR count). The van der Waals surface area contributed by atoms with Gasteiger partial charge in [-0.2, -0.15) is 0 Å². The third kappa shape index (κ3) is 6.93. The van der Waals surface area contributed by atoms with Crippen molar-refractivity contribution in [3.8, 4) is 5.75 Å². The average Bonchev–Trinajstić information content (AvgIpc) is 2.73. The first kappa shape index (κ1) is 23.0. The standard InChI is InChI=1S/C22H28FN3O4S/c1-25-13-11-21(12-14-25)30-20-9-3-17(4-10-20)15-24-22(27)16-26(31(2,28)29)19-7-5-18(23)6-8-19/h3-10,21H,11-16H2,1-2H3,(H,24,27). The van der Waals surface area contributed by atoms with Gasteiger partial charge in [0, 0.05) is 19.6 Å².